The van der Waals surface area contributed by atoms with Gasteiger partial charge < -0.3 is 18.6 Å². The lowest BCUT2D eigenvalue weighted by atomic mass is 9.95. The van der Waals surface area contributed by atoms with Crippen LogP contribution in [0.4, 0.5) is 17.1 Å². The zero-order chi connectivity index (χ0) is 47.9. The third kappa shape index (κ3) is 6.60. The number of hydrogen-bond donors (Lipinski definition) is 0. The summed E-state index contributed by atoms with van der Waals surface area (Å²) < 4.78 is 7.32. The van der Waals surface area contributed by atoms with Crippen LogP contribution < -0.4 is 4.90 Å². The highest BCUT2D eigenvalue weighted by Crippen LogP contribution is 2.45. The molecule has 0 amide bonds. The van der Waals surface area contributed by atoms with E-state index in [9.17, 15) is 0 Å². The van der Waals surface area contributed by atoms with Crippen LogP contribution in [0.5, 0.6) is 0 Å². The normalized spacial score (nSPS) is 11.8. The van der Waals surface area contributed by atoms with Crippen molar-refractivity contribution in [1.29, 1.82) is 0 Å². The van der Waals surface area contributed by atoms with Crippen molar-refractivity contribution in [3.05, 3.63) is 266 Å². The Hall–Kier alpha value is -9.38. The van der Waals surface area contributed by atoms with Crippen LogP contribution in [0.25, 0.3) is 105 Å². The summed E-state index contributed by atoms with van der Waals surface area (Å²) in [6.07, 6.45) is 0. The highest BCUT2D eigenvalue weighted by molar-refractivity contribution is 6.22. The summed E-state index contributed by atoms with van der Waals surface area (Å²) in [4.78, 5) is 2.34. The molecule has 0 atom stereocenters. The van der Waals surface area contributed by atoms with E-state index in [2.05, 4.69) is 287 Å². The number of nitrogens with zero attached hydrogens (tertiary/aromatic N) is 4. The van der Waals surface area contributed by atoms with Crippen LogP contribution in [0, 0.1) is 13.8 Å². The van der Waals surface area contributed by atoms with Gasteiger partial charge in [-0.15, -0.1) is 0 Å². The number of aryl methyl sites for hydroxylation is 2. The minimum Gasteiger partial charge on any atom is -0.311 e. The van der Waals surface area contributed by atoms with Crippen LogP contribution >= 0.6 is 0 Å². The molecule has 0 aliphatic rings. The zero-order valence-electron chi connectivity index (χ0n) is 40.0. The summed E-state index contributed by atoms with van der Waals surface area (Å²) >= 11 is 0. The Morgan fingerprint density at radius 3 is 1.24 bits per heavy atom. The molecule has 3 heterocycles. The quantitative estimate of drug-likeness (QED) is 0.149. The molecule has 340 valence electrons. The average molecular weight is 921 g/mol. The Morgan fingerprint density at radius 2 is 0.667 bits per heavy atom. The first-order valence-corrected chi connectivity index (χ1v) is 24.8. The maximum atomic E-state index is 2.47. The van der Waals surface area contributed by atoms with Gasteiger partial charge in [-0.1, -0.05) is 151 Å². The Bertz CT molecular complexity index is 4320. The van der Waals surface area contributed by atoms with E-state index >= 15 is 0 Å². The molecule has 0 spiro atoms. The number of fused-ring (bicyclic) bond motifs is 9. The highest BCUT2D eigenvalue weighted by atomic mass is 15.1. The fraction of sp³-hybridized carbons (Fsp3) is 0.0294. The third-order valence-corrected chi connectivity index (χ3v) is 14.8. The zero-order valence-corrected chi connectivity index (χ0v) is 40.0. The second kappa shape index (κ2) is 16.6. The summed E-state index contributed by atoms with van der Waals surface area (Å²) in [5, 5.41) is 7.38. The summed E-state index contributed by atoms with van der Waals surface area (Å²) in [5.41, 5.74) is 21.1. The summed E-state index contributed by atoms with van der Waals surface area (Å²) in [7, 11) is 0. The molecule has 4 heteroatoms. The van der Waals surface area contributed by atoms with Crippen molar-refractivity contribution in [3.8, 4) is 39.3 Å². The van der Waals surface area contributed by atoms with E-state index < -0.39 is 0 Å². The van der Waals surface area contributed by atoms with E-state index in [1.165, 1.54) is 98.8 Å². The van der Waals surface area contributed by atoms with Gasteiger partial charge in [-0.25, -0.2) is 0 Å². The molecule has 0 radical (unpaired) electrons. The van der Waals surface area contributed by atoms with Gasteiger partial charge in [0.15, 0.2) is 0 Å². The van der Waals surface area contributed by atoms with Crippen molar-refractivity contribution in [2.45, 2.75) is 13.8 Å². The summed E-state index contributed by atoms with van der Waals surface area (Å²) in [5.74, 6) is 0. The van der Waals surface area contributed by atoms with Crippen LogP contribution in [-0.4, -0.2) is 13.7 Å². The summed E-state index contributed by atoms with van der Waals surface area (Å²) in [6.45, 7) is 4.28. The van der Waals surface area contributed by atoms with Gasteiger partial charge in [0, 0.05) is 66.4 Å². The number of rotatable bonds is 8. The predicted octanol–water partition coefficient (Wildman–Crippen LogP) is 18.4. The first-order valence-electron chi connectivity index (χ1n) is 24.8. The molecule has 14 aromatic rings. The van der Waals surface area contributed by atoms with Gasteiger partial charge in [0.2, 0.25) is 0 Å². The molecule has 0 aliphatic heterocycles. The Balaban J connectivity index is 0.942. The van der Waals surface area contributed by atoms with Gasteiger partial charge in [-0.2, -0.15) is 0 Å². The van der Waals surface area contributed by atoms with E-state index in [-0.39, 0.29) is 0 Å². The molecule has 0 aliphatic carbocycles. The lowest BCUT2D eigenvalue weighted by Gasteiger charge is -2.26. The van der Waals surface area contributed by atoms with E-state index in [4.69, 9.17) is 0 Å². The van der Waals surface area contributed by atoms with Crippen LogP contribution in [0.1, 0.15) is 11.1 Å². The van der Waals surface area contributed by atoms with Crippen LogP contribution in [0.15, 0.2) is 255 Å². The van der Waals surface area contributed by atoms with E-state index in [0.717, 1.165) is 34.1 Å². The smallest absolute Gasteiger partial charge is 0.0547 e. The number of anilines is 3. The maximum Gasteiger partial charge on any atom is 0.0547 e. The Morgan fingerprint density at radius 1 is 0.264 bits per heavy atom. The van der Waals surface area contributed by atoms with Gasteiger partial charge >= 0.3 is 0 Å². The largest absolute Gasteiger partial charge is 0.311 e. The molecular weight excluding hydrogens is 873 g/mol. The second-order valence-electron chi connectivity index (χ2n) is 19.1. The molecule has 0 fully saturated rings. The van der Waals surface area contributed by atoms with Gasteiger partial charge in [-0.3, -0.25) is 0 Å². The van der Waals surface area contributed by atoms with Gasteiger partial charge in [-0.05, 0) is 151 Å². The molecule has 72 heavy (non-hydrogen) atoms. The predicted molar refractivity (Wildman–Crippen MR) is 304 cm³/mol. The van der Waals surface area contributed by atoms with Crippen molar-refractivity contribution in [2.24, 2.45) is 0 Å². The van der Waals surface area contributed by atoms with Crippen LogP contribution in [-0.2, 0) is 0 Å². The molecule has 4 nitrogen and oxygen atoms in total. The fourth-order valence-electron chi connectivity index (χ4n) is 11.4. The molecule has 0 N–H and O–H groups in total. The Labute approximate surface area is 418 Å². The average Bonchev–Trinajstić information content (AvgIpc) is 4.08. The first-order chi connectivity index (χ1) is 35.6. The van der Waals surface area contributed by atoms with Crippen molar-refractivity contribution >= 4 is 82.5 Å². The van der Waals surface area contributed by atoms with E-state index in [0.29, 0.717) is 0 Å². The minimum absolute atomic E-state index is 1.11. The highest BCUT2D eigenvalue weighted by Gasteiger charge is 2.22. The van der Waals surface area contributed by atoms with Gasteiger partial charge in [0.1, 0.15) is 0 Å². The monoisotopic (exact) mass is 920 g/mol. The Kier molecular flexibility index (Phi) is 9.62. The standard InChI is InChI=1S/C68H48N4/c1-45-27-32-50(33-28-45)69(51-34-29-46(2)30-35-51)52-36-38-53(39-37-52)71-61-23-11-9-19-57(61)67-55(21-13-25-65(67)71)56-22-14-26-66-68(56)58-20-10-12-24-62(58)72(66)54-40-42-64-60(44-54)59-43-48(47-15-5-3-6-16-47)31-41-63(59)70(64)49-17-7-4-8-18-49/h3-44H,1-2H3. The van der Waals surface area contributed by atoms with Gasteiger partial charge in [0.05, 0.1) is 33.1 Å². The molecule has 0 unspecified atom stereocenters. The van der Waals surface area contributed by atoms with E-state index in [1.807, 2.05) is 0 Å². The van der Waals surface area contributed by atoms with Gasteiger partial charge in [0.25, 0.3) is 0 Å². The van der Waals surface area contributed by atoms with Crippen molar-refractivity contribution in [2.75, 3.05) is 4.90 Å². The molecule has 0 saturated heterocycles. The minimum atomic E-state index is 1.11. The molecular formula is C68H48N4. The van der Waals surface area contributed by atoms with E-state index in [1.54, 1.807) is 0 Å². The molecule has 14 rings (SSSR count). The first kappa shape index (κ1) is 41.6. The maximum absolute atomic E-state index is 2.47. The SMILES string of the molecule is Cc1ccc(N(c2ccc(C)cc2)c2ccc(-n3c4ccccc4c4c(-c5cccc6c5c5ccccc5n6-c5ccc6c(c5)c5cc(-c7ccccc7)ccc5n6-c5ccccc5)cccc43)cc2)cc1. The second-order valence-corrected chi connectivity index (χ2v) is 19.1. The molecule has 0 saturated carbocycles. The number of para-hydroxylation sites is 3. The van der Waals surface area contributed by atoms with Crippen molar-refractivity contribution in [1.82, 2.24) is 13.7 Å². The molecule has 11 aromatic carbocycles. The number of aromatic nitrogens is 3. The van der Waals surface area contributed by atoms with Crippen LogP contribution in [0.3, 0.4) is 0 Å². The topological polar surface area (TPSA) is 18.0 Å². The third-order valence-electron chi connectivity index (χ3n) is 14.8. The fourth-order valence-corrected chi connectivity index (χ4v) is 11.4. The van der Waals surface area contributed by atoms with Crippen LogP contribution in [0.2, 0.25) is 0 Å². The van der Waals surface area contributed by atoms with Crippen molar-refractivity contribution in [3.63, 3.8) is 0 Å². The summed E-state index contributed by atoms with van der Waals surface area (Å²) in [6, 6.07) is 93.5. The molecule has 3 aromatic heterocycles. The molecule has 0 bridgehead atoms. The number of hydrogen-bond acceptors (Lipinski definition) is 1. The lowest BCUT2D eigenvalue weighted by Crippen LogP contribution is -2.10. The van der Waals surface area contributed by atoms with Crippen molar-refractivity contribution < 1.29 is 0 Å². The number of benzene rings is 11. The lowest BCUT2D eigenvalue weighted by molar-refractivity contribution is 1.17.